The highest BCUT2D eigenvalue weighted by Crippen LogP contribution is 2.31. The molecule has 0 aliphatic carbocycles. The van der Waals surface area contributed by atoms with Crippen molar-refractivity contribution in [3.05, 3.63) is 60.7 Å². The SMILES string of the molecule is O=[N+]([O-])c1ccc(Nc2c(F)cc(F)cc2Cl)cc1I. The van der Waals surface area contributed by atoms with Gasteiger partial charge in [0, 0.05) is 17.8 Å². The average Bonchev–Trinajstić information content (AvgIpc) is 2.33. The van der Waals surface area contributed by atoms with E-state index in [1.54, 1.807) is 22.6 Å². The topological polar surface area (TPSA) is 55.2 Å². The molecule has 0 unspecified atom stereocenters. The monoisotopic (exact) mass is 410 g/mol. The Balaban J connectivity index is 2.36. The average molecular weight is 411 g/mol. The molecule has 0 saturated heterocycles. The zero-order valence-corrected chi connectivity index (χ0v) is 12.6. The molecule has 0 aromatic heterocycles. The fourth-order valence-corrected chi connectivity index (χ4v) is 2.49. The smallest absolute Gasteiger partial charge is 0.282 e. The molecule has 8 heteroatoms. The van der Waals surface area contributed by atoms with Gasteiger partial charge in [0.1, 0.15) is 5.82 Å². The third-order valence-corrected chi connectivity index (χ3v) is 3.58. The fourth-order valence-electron chi connectivity index (χ4n) is 1.54. The Morgan fingerprint density at radius 3 is 2.50 bits per heavy atom. The standard InChI is InChI=1S/C12H6ClF2IN2O2/c13-8-3-6(14)4-9(15)12(8)17-7-1-2-11(18(19)20)10(16)5-7/h1-5,17H. The van der Waals surface area contributed by atoms with Gasteiger partial charge < -0.3 is 5.32 Å². The van der Waals surface area contributed by atoms with Gasteiger partial charge in [-0.25, -0.2) is 8.78 Å². The number of nitro groups is 1. The molecule has 0 aliphatic rings. The van der Waals surface area contributed by atoms with Crippen LogP contribution in [-0.4, -0.2) is 4.92 Å². The summed E-state index contributed by atoms with van der Waals surface area (Å²) in [6.45, 7) is 0. The normalized spacial score (nSPS) is 10.4. The molecule has 104 valence electrons. The molecule has 2 aromatic carbocycles. The summed E-state index contributed by atoms with van der Waals surface area (Å²) in [6.07, 6.45) is 0. The van der Waals surface area contributed by atoms with Crippen molar-refractivity contribution in [1.29, 1.82) is 0 Å². The van der Waals surface area contributed by atoms with Crippen LogP contribution in [0.4, 0.5) is 25.8 Å². The summed E-state index contributed by atoms with van der Waals surface area (Å²) in [4.78, 5) is 10.2. The molecule has 1 N–H and O–H groups in total. The molecule has 0 saturated carbocycles. The third-order valence-electron chi connectivity index (χ3n) is 2.42. The van der Waals surface area contributed by atoms with Crippen LogP contribution in [0, 0.1) is 25.3 Å². The second-order valence-corrected chi connectivity index (χ2v) is 5.36. The summed E-state index contributed by atoms with van der Waals surface area (Å²) in [7, 11) is 0. The Kier molecular flexibility index (Phi) is 4.39. The predicted molar refractivity (Wildman–Crippen MR) is 80.5 cm³/mol. The van der Waals surface area contributed by atoms with Gasteiger partial charge in [-0.1, -0.05) is 11.6 Å². The Morgan fingerprint density at radius 2 is 1.95 bits per heavy atom. The van der Waals surface area contributed by atoms with Gasteiger partial charge in [0.2, 0.25) is 0 Å². The minimum Gasteiger partial charge on any atom is -0.352 e. The Hall–Kier alpha value is -1.48. The Bertz CT molecular complexity index is 674. The van der Waals surface area contributed by atoms with Crippen LogP contribution in [0.15, 0.2) is 30.3 Å². The van der Waals surface area contributed by atoms with E-state index >= 15 is 0 Å². The second-order valence-electron chi connectivity index (χ2n) is 3.79. The molecule has 0 fully saturated rings. The highest BCUT2D eigenvalue weighted by molar-refractivity contribution is 14.1. The summed E-state index contributed by atoms with van der Waals surface area (Å²) >= 11 is 7.55. The number of anilines is 2. The first kappa shape index (κ1) is 14.9. The minimum atomic E-state index is -0.844. The first-order chi connectivity index (χ1) is 9.38. The van der Waals surface area contributed by atoms with Crippen molar-refractivity contribution in [3.63, 3.8) is 0 Å². The highest BCUT2D eigenvalue weighted by Gasteiger charge is 2.14. The maximum Gasteiger partial charge on any atom is 0.282 e. The molecule has 0 spiro atoms. The van der Waals surface area contributed by atoms with Gasteiger partial charge in [-0.3, -0.25) is 10.1 Å². The van der Waals surface area contributed by atoms with Crippen molar-refractivity contribution in [2.75, 3.05) is 5.32 Å². The van der Waals surface area contributed by atoms with Crippen LogP contribution in [0.5, 0.6) is 0 Å². The molecule has 0 amide bonds. The molecule has 2 rings (SSSR count). The lowest BCUT2D eigenvalue weighted by atomic mass is 10.2. The van der Waals surface area contributed by atoms with Gasteiger partial charge in [-0.05, 0) is 40.8 Å². The summed E-state index contributed by atoms with van der Waals surface area (Å²) in [5.41, 5.74) is 0.270. The molecule has 0 atom stereocenters. The van der Waals surface area contributed by atoms with Gasteiger partial charge >= 0.3 is 0 Å². The molecular weight excluding hydrogens is 404 g/mol. The van der Waals surface area contributed by atoms with Crippen molar-refractivity contribution in [1.82, 2.24) is 0 Å². The molecule has 2 aromatic rings. The van der Waals surface area contributed by atoms with Crippen molar-refractivity contribution < 1.29 is 13.7 Å². The van der Waals surface area contributed by atoms with E-state index in [1.807, 2.05) is 0 Å². The van der Waals surface area contributed by atoms with Gasteiger partial charge in [-0.2, -0.15) is 0 Å². The molecule has 0 heterocycles. The van der Waals surface area contributed by atoms with Gasteiger partial charge in [0.05, 0.1) is 19.2 Å². The number of nitro benzene ring substituents is 1. The van der Waals surface area contributed by atoms with Gasteiger partial charge in [-0.15, -0.1) is 0 Å². The van der Waals surface area contributed by atoms with Crippen molar-refractivity contribution >= 4 is 51.3 Å². The molecule has 20 heavy (non-hydrogen) atoms. The van der Waals surface area contributed by atoms with E-state index in [0.717, 1.165) is 6.07 Å². The quantitative estimate of drug-likeness (QED) is 0.446. The molecular formula is C12H6ClF2IN2O2. The van der Waals surface area contributed by atoms with E-state index < -0.39 is 16.6 Å². The summed E-state index contributed by atoms with van der Waals surface area (Å²) in [5.74, 6) is -1.63. The first-order valence-corrected chi connectivity index (χ1v) is 6.69. The summed E-state index contributed by atoms with van der Waals surface area (Å²) < 4.78 is 26.9. The van der Waals surface area contributed by atoms with Crippen LogP contribution >= 0.6 is 34.2 Å². The number of halogens is 4. The van der Waals surface area contributed by atoms with Gasteiger partial charge in [0.25, 0.3) is 5.69 Å². The highest BCUT2D eigenvalue weighted by atomic mass is 127. The fraction of sp³-hybridized carbons (Fsp3) is 0. The van der Waals surface area contributed by atoms with Gasteiger partial charge in [0.15, 0.2) is 5.82 Å². The van der Waals surface area contributed by atoms with E-state index in [2.05, 4.69) is 5.32 Å². The lowest BCUT2D eigenvalue weighted by Crippen LogP contribution is -1.98. The van der Waals surface area contributed by atoms with Crippen LogP contribution in [-0.2, 0) is 0 Å². The molecule has 0 radical (unpaired) electrons. The third kappa shape index (κ3) is 3.15. The van der Waals surface area contributed by atoms with E-state index in [9.17, 15) is 18.9 Å². The number of nitrogens with one attached hydrogen (secondary N) is 1. The van der Waals surface area contributed by atoms with E-state index in [-0.39, 0.29) is 16.4 Å². The first-order valence-electron chi connectivity index (χ1n) is 5.24. The molecule has 0 bridgehead atoms. The van der Waals surface area contributed by atoms with Crippen molar-refractivity contribution in [2.45, 2.75) is 0 Å². The van der Waals surface area contributed by atoms with Crippen LogP contribution < -0.4 is 5.32 Å². The van der Waals surface area contributed by atoms with Crippen molar-refractivity contribution in [2.24, 2.45) is 0 Å². The van der Waals surface area contributed by atoms with E-state index in [0.29, 0.717) is 15.3 Å². The number of hydrogen-bond acceptors (Lipinski definition) is 3. The predicted octanol–water partition coefficient (Wildman–Crippen LogP) is 4.87. The number of rotatable bonds is 3. The Labute approximate surface area is 131 Å². The van der Waals surface area contributed by atoms with Crippen molar-refractivity contribution in [3.8, 4) is 0 Å². The maximum absolute atomic E-state index is 13.6. The Morgan fingerprint density at radius 1 is 1.25 bits per heavy atom. The van der Waals surface area contributed by atoms with Crippen LogP contribution in [0.3, 0.4) is 0 Å². The molecule has 0 aliphatic heterocycles. The largest absolute Gasteiger partial charge is 0.352 e. The zero-order valence-electron chi connectivity index (χ0n) is 9.66. The second kappa shape index (κ2) is 5.88. The molecule has 4 nitrogen and oxygen atoms in total. The van der Waals surface area contributed by atoms with Crippen LogP contribution in [0.2, 0.25) is 5.02 Å². The lowest BCUT2D eigenvalue weighted by molar-refractivity contribution is -0.385. The number of hydrogen-bond donors (Lipinski definition) is 1. The van der Waals surface area contributed by atoms with Crippen LogP contribution in [0.1, 0.15) is 0 Å². The summed E-state index contributed by atoms with van der Waals surface area (Å²) in [5, 5.41) is 13.3. The summed E-state index contributed by atoms with van der Waals surface area (Å²) in [6, 6.07) is 5.85. The lowest BCUT2D eigenvalue weighted by Gasteiger charge is -2.10. The van der Waals surface area contributed by atoms with E-state index in [4.69, 9.17) is 11.6 Å². The van der Waals surface area contributed by atoms with Crippen LogP contribution in [0.25, 0.3) is 0 Å². The van der Waals surface area contributed by atoms with E-state index in [1.165, 1.54) is 18.2 Å². The zero-order chi connectivity index (χ0) is 14.9. The number of nitrogens with zero attached hydrogens (tertiary/aromatic N) is 1. The number of benzene rings is 2. The maximum atomic E-state index is 13.6. The minimum absolute atomic E-state index is 0.0539.